The molecule has 4 heterocycles. The van der Waals surface area contributed by atoms with Gasteiger partial charge in [-0.15, -0.1) is 0 Å². The van der Waals surface area contributed by atoms with Gasteiger partial charge in [0, 0.05) is 23.7 Å². The molecule has 0 amide bonds. The number of ether oxygens (including phenoxy) is 2. The minimum atomic E-state index is -0.340. The Morgan fingerprint density at radius 3 is 2.67 bits per heavy atom. The fourth-order valence-corrected chi connectivity index (χ4v) is 3.95. The van der Waals surface area contributed by atoms with Gasteiger partial charge in [0.15, 0.2) is 0 Å². The number of aromatic amines is 1. The molecule has 128 valence electrons. The fraction of sp³-hybridized carbons (Fsp3) is 0.500. The first-order chi connectivity index (χ1) is 11.6. The van der Waals surface area contributed by atoms with Crippen molar-refractivity contribution < 1.29 is 19.4 Å². The van der Waals surface area contributed by atoms with Crippen LogP contribution in [0.25, 0.3) is 10.9 Å². The number of phenols is 1. The van der Waals surface area contributed by atoms with Gasteiger partial charge in [-0.3, -0.25) is 0 Å². The molecule has 1 aromatic carbocycles. The molecule has 3 aliphatic rings. The van der Waals surface area contributed by atoms with Crippen LogP contribution in [0.15, 0.2) is 18.3 Å². The van der Waals surface area contributed by atoms with Gasteiger partial charge in [0.1, 0.15) is 11.5 Å². The summed E-state index contributed by atoms with van der Waals surface area (Å²) in [5.41, 5.74) is 1.26. The Morgan fingerprint density at radius 1 is 1.29 bits per heavy atom. The maximum atomic E-state index is 12.6. The summed E-state index contributed by atoms with van der Waals surface area (Å²) in [6.45, 7) is 3.81. The van der Waals surface area contributed by atoms with Crippen molar-refractivity contribution in [1.29, 1.82) is 0 Å². The average Bonchev–Trinajstić information content (AvgIpc) is 3.04. The number of nitrogens with one attached hydrogen (secondary N) is 1. The summed E-state index contributed by atoms with van der Waals surface area (Å²) >= 11 is 0. The first-order valence-corrected chi connectivity index (χ1v) is 8.38. The molecule has 0 aliphatic carbocycles. The normalized spacial score (nSPS) is 25.8. The molecule has 0 radical (unpaired) electrons. The van der Waals surface area contributed by atoms with E-state index in [1.807, 2.05) is 0 Å². The minimum absolute atomic E-state index is 0.0916. The number of rotatable bonds is 4. The van der Waals surface area contributed by atoms with Crippen molar-refractivity contribution in [2.45, 2.75) is 19.3 Å². The maximum absolute atomic E-state index is 12.6. The number of esters is 1. The zero-order chi connectivity index (χ0) is 16.7. The number of methoxy groups -OCH3 is 1. The number of H-pyrrole nitrogens is 1. The number of aromatic nitrogens is 1. The van der Waals surface area contributed by atoms with E-state index in [2.05, 4.69) is 9.88 Å². The lowest BCUT2D eigenvalue weighted by Gasteiger charge is -2.47. The molecular formula is C18H22N2O4. The van der Waals surface area contributed by atoms with Crippen molar-refractivity contribution in [3.05, 3.63) is 23.9 Å². The Bertz CT molecular complexity index is 761. The van der Waals surface area contributed by atoms with Gasteiger partial charge in [-0.25, -0.2) is 4.79 Å². The molecule has 3 fully saturated rings. The lowest BCUT2D eigenvalue weighted by Crippen LogP contribution is -2.50. The number of fused-ring (bicyclic) bond motifs is 4. The van der Waals surface area contributed by atoms with E-state index in [9.17, 15) is 9.90 Å². The Labute approximate surface area is 140 Å². The number of phenolic OH excluding ortho intramolecular Hbond substituents is 1. The topological polar surface area (TPSA) is 74.8 Å². The fourth-order valence-electron chi connectivity index (χ4n) is 3.95. The Kier molecular flexibility index (Phi) is 3.64. The first-order valence-electron chi connectivity index (χ1n) is 8.38. The second kappa shape index (κ2) is 5.70. The molecule has 24 heavy (non-hydrogen) atoms. The SMILES string of the molecule is COc1cc(O)cc2[nH]cc(C(=O)OCC34CCN(CC3)CC4)c12. The van der Waals surface area contributed by atoms with Crippen LogP contribution in [-0.2, 0) is 4.74 Å². The number of aromatic hydroxyl groups is 1. The highest BCUT2D eigenvalue weighted by atomic mass is 16.5. The summed E-state index contributed by atoms with van der Waals surface area (Å²) < 4.78 is 11.0. The molecule has 3 aliphatic heterocycles. The third-order valence-electron chi connectivity index (χ3n) is 5.55. The average molecular weight is 330 g/mol. The van der Waals surface area contributed by atoms with Crippen LogP contribution in [0.1, 0.15) is 29.6 Å². The van der Waals surface area contributed by atoms with Crippen molar-refractivity contribution in [2.75, 3.05) is 33.4 Å². The van der Waals surface area contributed by atoms with E-state index in [0.29, 0.717) is 28.8 Å². The predicted octanol–water partition coefficient (Wildman–Crippen LogP) is 2.52. The quantitative estimate of drug-likeness (QED) is 0.843. The predicted molar refractivity (Wildman–Crippen MR) is 89.5 cm³/mol. The summed E-state index contributed by atoms with van der Waals surface area (Å²) in [7, 11) is 1.52. The first kappa shape index (κ1) is 15.3. The highest BCUT2D eigenvalue weighted by Crippen LogP contribution is 2.40. The molecule has 2 N–H and O–H groups in total. The monoisotopic (exact) mass is 330 g/mol. The summed E-state index contributed by atoms with van der Waals surface area (Å²) in [6.07, 6.45) is 4.93. The molecule has 2 aromatic rings. The summed E-state index contributed by atoms with van der Waals surface area (Å²) in [5, 5.41) is 10.4. The molecule has 6 nitrogen and oxygen atoms in total. The summed E-state index contributed by atoms with van der Waals surface area (Å²) in [4.78, 5) is 18.1. The van der Waals surface area contributed by atoms with E-state index in [1.165, 1.54) is 13.2 Å². The molecular weight excluding hydrogens is 308 g/mol. The van der Waals surface area contributed by atoms with Crippen LogP contribution in [0.5, 0.6) is 11.5 Å². The van der Waals surface area contributed by atoms with Gasteiger partial charge in [-0.1, -0.05) is 0 Å². The molecule has 1 aromatic heterocycles. The smallest absolute Gasteiger partial charge is 0.340 e. The molecule has 0 spiro atoms. The third-order valence-corrected chi connectivity index (χ3v) is 5.55. The number of hydrogen-bond acceptors (Lipinski definition) is 5. The molecule has 0 saturated carbocycles. The summed E-state index contributed by atoms with van der Waals surface area (Å²) in [5.74, 6) is 0.212. The van der Waals surface area contributed by atoms with Crippen LogP contribution in [0.3, 0.4) is 0 Å². The van der Waals surface area contributed by atoms with E-state index >= 15 is 0 Å². The number of carbonyl (C=O) groups excluding carboxylic acids is 1. The van der Waals surface area contributed by atoms with Gasteiger partial charge in [0.05, 0.1) is 30.2 Å². The highest BCUT2D eigenvalue weighted by molar-refractivity contribution is 6.07. The lowest BCUT2D eigenvalue weighted by atomic mass is 9.73. The van der Waals surface area contributed by atoms with Gasteiger partial charge in [0.2, 0.25) is 0 Å². The van der Waals surface area contributed by atoms with Crippen LogP contribution < -0.4 is 4.74 Å². The molecule has 0 unspecified atom stereocenters. The molecule has 5 rings (SSSR count). The Morgan fingerprint density at radius 2 is 2.00 bits per heavy atom. The molecule has 0 atom stereocenters. The lowest BCUT2D eigenvalue weighted by molar-refractivity contribution is -0.0304. The van der Waals surface area contributed by atoms with Gasteiger partial charge >= 0.3 is 5.97 Å². The Balaban J connectivity index is 1.55. The Hall–Kier alpha value is -2.21. The molecule has 6 heteroatoms. The zero-order valence-electron chi connectivity index (χ0n) is 13.8. The highest BCUT2D eigenvalue weighted by Gasteiger charge is 2.40. The standard InChI is InChI=1S/C18H22N2O4/c1-23-15-9-12(21)8-14-16(15)13(10-19-14)17(22)24-11-18-2-5-20(6-3-18)7-4-18/h8-10,19,21H,2-7,11H2,1H3. The number of benzene rings is 1. The van der Waals surface area contributed by atoms with Crippen molar-refractivity contribution in [3.63, 3.8) is 0 Å². The van der Waals surface area contributed by atoms with Crippen LogP contribution in [-0.4, -0.2) is 54.3 Å². The third kappa shape index (κ3) is 2.51. The van der Waals surface area contributed by atoms with Crippen molar-refractivity contribution in [3.8, 4) is 11.5 Å². The van der Waals surface area contributed by atoms with Crippen molar-refractivity contribution in [2.24, 2.45) is 5.41 Å². The van der Waals surface area contributed by atoms with Crippen LogP contribution in [0, 0.1) is 5.41 Å². The second-order valence-electron chi connectivity index (χ2n) is 6.94. The van der Waals surface area contributed by atoms with E-state index in [4.69, 9.17) is 9.47 Å². The van der Waals surface area contributed by atoms with E-state index in [-0.39, 0.29) is 17.1 Å². The number of nitrogens with zero attached hydrogens (tertiary/aromatic N) is 1. The minimum Gasteiger partial charge on any atom is -0.508 e. The van der Waals surface area contributed by atoms with E-state index in [1.54, 1.807) is 12.3 Å². The van der Waals surface area contributed by atoms with Gasteiger partial charge in [-0.2, -0.15) is 0 Å². The number of carbonyl (C=O) groups is 1. The zero-order valence-corrected chi connectivity index (χ0v) is 13.8. The number of hydrogen-bond donors (Lipinski definition) is 2. The molecule has 2 bridgehead atoms. The molecule has 3 saturated heterocycles. The summed E-state index contributed by atoms with van der Waals surface area (Å²) in [6, 6.07) is 3.08. The van der Waals surface area contributed by atoms with Gasteiger partial charge < -0.3 is 24.5 Å². The van der Waals surface area contributed by atoms with Crippen molar-refractivity contribution in [1.82, 2.24) is 9.88 Å². The van der Waals surface area contributed by atoms with Gasteiger partial charge in [0.25, 0.3) is 0 Å². The largest absolute Gasteiger partial charge is 0.508 e. The van der Waals surface area contributed by atoms with E-state index < -0.39 is 0 Å². The second-order valence-corrected chi connectivity index (χ2v) is 6.94. The van der Waals surface area contributed by atoms with Gasteiger partial charge in [-0.05, 0) is 38.9 Å². The van der Waals surface area contributed by atoms with Crippen LogP contribution >= 0.6 is 0 Å². The van der Waals surface area contributed by atoms with E-state index in [0.717, 1.165) is 38.9 Å². The van der Waals surface area contributed by atoms with Crippen molar-refractivity contribution >= 4 is 16.9 Å². The van der Waals surface area contributed by atoms with Crippen LogP contribution in [0.2, 0.25) is 0 Å². The maximum Gasteiger partial charge on any atom is 0.340 e. The number of piperidine rings is 3. The van der Waals surface area contributed by atoms with Crippen LogP contribution in [0.4, 0.5) is 0 Å².